The molecule has 0 saturated heterocycles. The van der Waals surface area contributed by atoms with Crippen LogP contribution >= 0.6 is 23.4 Å². The van der Waals surface area contributed by atoms with Crippen LogP contribution in [0.15, 0.2) is 35.5 Å². The summed E-state index contributed by atoms with van der Waals surface area (Å²) in [4.78, 5) is 8.64. The van der Waals surface area contributed by atoms with Crippen molar-refractivity contribution >= 4 is 29.2 Å². The van der Waals surface area contributed by atoms with Gasteiger partial charge in [0.2, 0.25) is 5.88 Å². The van der Waals surface area contributed by atoms with Crippen molar-refractivity contribution in [1.82, 2.24) is 9.97 Å². The van der Waals surface area contributed by atoms with Crippen LogP contribution in [-0.2, 0) is 0 Å². The van der Waals surface area contributed by atoms with E-state index in [1.807, 2.05) is 25.3 Å². The van der Waals surface area contributed by atoms with Gasteiger partial charge < -0.3 is 10.1 Å². The molecule has 2 rings (SSSR count). The predicted octanol–water partition coefficient (Wildman–Crippen LogP) is 4.08. The summed E-state index contributed by atoms with van der Waals surface area (Å²) in [6.07, 6.45) is 1.92. The Bertz CT molecular complexity index is 565. The molecule has 0 unspecified atom stereocenters. The Labute approximate surface area is 121 Å². The van der Waals surface area contributed by atoms with E-state index in [4.69, 9.17) is 16.3 Å². The highest BCUT2D eigenvalue weighted by molar-refractivity contribution is 7.98. The van der Waals surface area contributed by atoms with Crippen LogP contribution in [0.4, 0.5) is 5.82 Å². The fourth-order valence-corrected chi connectivity index (χ4v) is 2.02. The maximum Gasteiger partial charge on any atom is 0.225 e. The molecule has 4 nitrogen and oxygen atoms in total. The third-order valence-corrected chi connectivity index (χ3v) is 3.02. The Balaban J connectivity index is 2.26. The van der Waals surface area contributed by atoms with E-state index in [2.05, 4.69) is 15.3 Å². The van der Waals surface area contributed by atoms with Crippen molar-refractivity contribution in [2.24, 2.45) is 0 Å². The summed E-state index contributed by atoms with van der Waals surface area (Å²) in [5, 5.41) is 4.44. The van der Waals surface area contributed by atoms with Gasteiger partial charge in [-0.3, -0.25) is 0 Å². The summed E-state index contributed by atoms with van der Waals surface area (Å²) in [6.45, 7) is 2.81. The van der Waals surface area contributed by atoms with Crippen LogP contribution in [-0.4, -0.2) is 22.8 Å². The molecule has 0 radical (unpaired) electrons. The van der Waals surface area contributed by atoms with Crippen LogP contribution in [0.1, 0.15) is 6.92 Å². The first-order chi connectivity index (χ1) is 9.21. The largest absolute Gasteiger partial charge is 0.439 e. The number of thioether (sulfide) groups is 1. The monoisotopic (exact) mass is 295 g/mol. The van der Waals surface area contributed by atoms with Crippen molar-refractivity contribution < 1.29 is 4.74 Å². The molecule has 2 aromatic rings. The smallest absolute Gasteiger partial charge is 0.225 e. The Morgan fingerprint density at radius 2 is 2.16 bits per heavy atom. The molecule has 0 aliphatic carbocycles. The third-order valence-electron chi connectivity index (χ3n) is 2.24. The van der Waals surface area contributed by atoms with Gasteiger partial charge in [0.05, 0.1) is 0 Å². The van der Waals surface area contributed by atoms with Gasteiger partial charge in [0.25, 0.3) is 0 Å². The average molecular weight is 296 g/mol. The van der Waals surface area contributed by atoms with Crippen LogP contribution in [0.5, 0.6) is 11.6 Å². The highest BCUT2D eigenvalue weighted by Crippen LogP contribution is 2.25. The van der Waals surface area contributed by atoms with Gasteiger partial charge in [0, 0.05) is 17.6 Å². The first-order valence-electron chi connectivity index (χ1n) is 5.81. The molecule has 0 spiro atoms. The molecule has 0 bridgehead atoms. The lowest BCUT2D eigenvalue weighted by atomic mass is 10.3. The highest BCUT2D eigenvalue weighted by atomic mass is 35.5. The van der Waals surface area contributed by atoms with Crippen molar-refractivity contribution in [2.45, 2.75) is 12.1 Å². The molecule has 0 saturated carbocycles. The fraction of sp³-hybridized carbons (Fsp3) is 0.231. The minimum absolute atomic E-state index is 0.498. The van der Waals surface area contributed by atoms with Gasteiger partial charge in [-0.1, -0.05) is 29.4 Å². The van der Waals surface area contributed by atoms with Gasteiger partial charge in [-0.2, -0.15) is 4.98 Å². The van der Waals surface area contributed by atoms with Crippen molar-refractivity contribution in [3.8, 4) is 11.6 Å². The quantitative estimate of drug-likeness (QED) is 0.665. The Kier molecular flexibility index (Phi) is 4.87. The van der Waals surface area contributed by atoms with Crippen LogP contribution in [0, 0.1) is 0 Å². The van der Waals surface area contributed by atoms with Gasteiger partial charge >= 0.3 is 0 Å². The van der Waals surface area contributed by atoms with E-state index in [9.17, 15) is 0 Å². The molecule has 19 heavy (non-hydrogen) atoms. The molecule has 1 aromatic heterocycles. The number of benzene rings is 1. The Morgan fingerprint density at radius 1 is 1.32 bits per heavy atom. The normalized spacial score (nSPS) is 10.3. The summed E-state index contributed by atoms with van der Waals surface area (Å²) >= 11 is 7.39. The van der Waals surface area contributed by atoms with E-state index in [0.717, 1.165) is 12.4 Å². The molecule has 1 heterocycles. The summed E-state index contributed by atoms with van der Waals surface area (Å²) < 4.78 is 5.70. The standard InChI is InChI=1S/C13H14ClN3OS/c1-3-15-11-8-12(17-13(16-11)19-2)18-10-6-4-5-9(14)7-10/h4-8H,3H2,1-2H3,(H,15,16,17). The zero-order valence-electron chi connectivity index (χ0n) is 10.7. The number of hydrogen-bond donors (Lipinski definition) is 1. The van der Waals surface area contributed by atoms with Crippen LogP contribution in [0.25, 0.3) is 0 Å². The zero-order valence-corrected chi connectivity index (χ0v) is 12.3. The molecule has 0 fully saturated rings. The van der Waals surface area contributed by atoms with Crippen molar-refractivity contribution in [1.29, 1.82) is 0 Å². The van der Waals surface area contributed by atoms with E-state index in [0.29, 0.717) is 21.8 Å². The first-order valence-corrected chi connectivity index (χ1v) is 7.42. The van der Waals surface area contributed by atoms with Crippen molar-refractivity contribution in [2.75, 3.05) is 18.1 Å². The highest BCUT2D eigenvalue weighted by Gasteiger charge is 2.06. The van der Waals surface area contributed by atoms with E-state index >= 15 is 0 Å². The molecule has 100 valence electrons. The van der Waals surface area contributed by atoms with Gasteiger partial charge in [0.1, 0.15) is 11.6 Å². The molecule has 1 aromatic carbocycles. The summed E-state index contributed by atoms with van der Waals surface area (Å²) in [5.74, 6) is 1.90. The second-order valence-electron chi connectivity index (χ2n) is 3.67. The van der Waals surface area contributed by atoms with Gasteiger partial charge in [-0.05, 0) is 31.4 Å². The van der Waals surface area contributed by atoms with E-state index in [-0.39, 0.29) is 0 Å². The average Bonchev–Trinajstić information content (AvgIpc) is 2.39. The number of hydrogen-bond acceptors (Lipinski definition) is 5. The SMILES string of the molecule is CCNc1cc(Oc2cccc(Cl)c2)nc(SC)n1. The Hall–Kier alpha value is -1.46. The molecule has 1 N–H and O–H groups in total. The summed E-state index contributed by atoms with van der Waals surface area (Å²) in [7, 11) is 0. The number of aromatic nitrogens is 2. The van der Waals surface area contributed by atoms with E-state index in [1.165, 1.54) is 11.8 Å². The van der Waals surface area contributed by atoms with Gasteiger partial charge in [-0.15, -0.1) is 0 Å². The van der Waals surface area contributed by atoms with Crippen molar-refractivity contribution in [3.05, 3.63) is 35.4 Å². The summed E-state index contributed by atoms with van der Waals surface area (Å²) in [5.41, 5.74) is 0. The molecule has 0 aliphatic rings. The van der Waals surface area contributed by atoms with E-state index in [1.54, 1.807) is 18.2 Å². The molecule has 0 atom stereocenters. The summed E-state index contributed by atoms with van der Waals surface area (Å²) in [6, 6.07) is 8.98. The maximum atomic E-state index is 5.92. The molecule has 0 aliphatic heterocycles. The number of halogens is 1. The van der Waals surface area contributed by atoms with Crippen LogP contribution in [0.3, 0.4) is 0 Å². The van der Waals surface area contributed by atoms with Crippen LogP contribution < -0.4 is 10.1 Å². The molecule has 0 amide bonds. The first kappa shape index (κ1) is 14.0. The fourth-order valence-electron chi connectivity index (χ4n) is 1.47. The molecular weight excluding hydrogens is 282 g/mol. The lowest BCUT2D eigenvalue weighted by molar-refractivity contribution is 0.456. The lowest BCUT2D eigenvalue weighted by Gasteiger charge is -2.09. The number of nitrogens with zero attached hydrogens (tertiary/aromatic N) is 2. The Morgan fingerprint density at radius 3 is 2.84 bits per heavy atom. The van der Waals surface area contributed by atoms with E-state index < -0.39 is 0 Å². The zero-order chi connectivity index (χ0) is 13.7. The number of nitrogens with one attached hydrogen (secondary N) is 1. The van der Waals surface area contributed by atoms with Gasteiger partial charge in [-0.25, -0.2) is 4.98 Å². The predicted molar refractivity (Wildman–Crippen MR) is 79.5 cm³/mol. The second-order valence-corrected chi connectivity index (χ2v) is 4.88. The minimum atomic E-state index is 0.498. The third kappa shape index (κ3) is 4.01. The number of anilines is 1. The second kappa shape index (κ2) is 6.63. The minimum Gasteiger partial charge on any atom is -0.439 e. The van der Waals surface area contributed by atoms with Crippen LogP contribution in [0.2, 0.25) is 5.02 Å². The molecule has 6 heteroatoms. The van der Waals surface area contributed by atoms with Crippen molar-refractivity contribution in [3.63, 3.8) is 0 Å². The number of ether oxygens (including phenoxy) is 1. The maximum absolute atomic E-state index is 5.92. The lowest BCUT2D eigenvalue weighted by Crippen LogP contribution is -2.02. The molecular formula is C13H14ClN3OS. The van der Waals surface area contributed by atoms with Gasteiger partial charge in [0.15, 0.2) is 5.16 Å². The topological polar surface area (TPSA) is 47.0 Å². The number of rotatable bonds is 5.